The van der Waals surface area contributed by atoms with Crippen molar-refractivity contribution in [1.29, 1.82) is 0 Å². The minimum absolute atomic E-state index is 0.0338. The average molecular weight is 374 g/mol. The van der Waals surface area contributed by atoms with Gasteiger partial charge in [-0.1, -0.05) is 5.21 Å². The van der Waals surface area contributed by atoms with Crippen molar-refractivity contribution in [3.8, 4) is 11.3 Å². The van der Waals surface area contributed by atoms with Crippen LogP contribution in [0.3, 0.4) is 0 Å². The molecule has 1 atom stereocenters. The fraction of sp³-hybridized carbons (Fsp3) is 0.211. The van der Waals surface area contributed by atoms with Crippen LogP contribution in [0.1, 0.15) is 18.5 Å². The molecule has 9 heteroatoms. The highest BCUT2D eigenvalue weighted by Gasteiger charge is 2.17. The number of fused-ring (bicyclic) bond motifs is 2. The Labute approximate surface area is 159 Å². The first-order valence-electron chi connectivity index (χ1n) is 9.01. The predicted molar refractivity (Wildman–Crippen MR) is 103 cm³/mol. The number of pyridine rings is 1. The molecule has 0 aromatic carbocycles. The Kier molecular flexibility index (Phi) is 3.87. The molecular formula is C19H18N8O. The number of hydrogen-bond donors (Lipinski definition) is 1. The number of nitrogens with zero attached hydrogens (tertiary/aromatic N) is 8. The number of hydrogen-bond acceptors (Lipinski definition) is 6. The van der Waals surface area contributed by atoms with E-state index in [0.29, 0.717) is 23.5 Å². The van der Waals surface area contributed by atoms with E-state index in [1.165, 1.54) is 0 Å². The topological polar surface area (TPSA) is 99.0 Å². The molecule has 9 nitrogen and oxygen atoms in total. The van der Waals surface area contributed by atoms with Crippen LogP contribution in [-0.2, 0) is 6.54 Å². The molecule has 0 radical (unpaired) electrons. The lowest BCUT2D eigenvalue weighted by Crippen LogP contribution is -2.10. The van der Waals surface area contributed by atoms with Gasteiger partial charge in [0.05, 0.1) is 37.3 Å². The predicted octanol–water partition coefficient (Wildman–Crippen LogP) is 1.94. The molecule has 0 saturated carbocycles. The molecule has 0 aliphatic rings. The standard InChI is InChI=1S/C19H18N8O/c1-13(14-4-6-25-5-2-3-16(25)9-14)27-19-18(23-24-27)20-11-17(22-19)15-10-21-26(12-15)7-8-28/h2-6,9-13,28H,7-8H2,1H3/t13-/m0/s1. The lowest BCUT2D eigenvalue weighted by atomic mass is 10.1. The van der Waals surface area contributed by atoms with E-state index < -0.39 is 0 Å². The smallest absolute Gasteiger partial charge is 0.221 e. The molecule has 0 bridgehead atoms. The zero-order valence-electron chi connectivity index (χ0n) is 15.2. The number of aliphatic hydroxyl groups excluding tert-OH is 1. The van der Waals surface area contributed by atoms with Crippen LogP contribution in [0.25, 0.3) is 28.1 Å². The van der Waals surface area contributed by atoms with Gasteiger partial charge in [0.2, 0.25) is 5.65 Å². The minimum atomic E-state index is -0.0495. The highest BCUT2D eigenvalue weighted by atomic mass is 16.3. The molecule has 0 spiro atoms. The van der Waals surface area contributed by atoms with Crippen molar-refractivity contribution in [3.05, 3.63) is 60.8 Å². The summed E-state index contributed by atoms with van der Waals surface area (Å²) in [5, 5.41) is 21.7. The van der Waals surface area contributed by atoms with Gasteiger partial charge in [-0.2, -0.15) is 5.10 Å². The normalized spacial score (nSPS) is 12.8. The van der Waals surface area contributed by atoms with Crippen LogP contribution in [0.2, 0.25) is 0 Å². The second kappa shape index (κ2) is 6.54. The summed E-state index contributed by atoms with van der Waals surface area (Å²) in [5.74, 6) is 0. The molecule has 5 aromatic heterocycles. The lowest BCUT2D eigenvalue weighted by molar-refractivity contribution is 0.269. The molecule has 28 heavy (non-hydrogen) atoms. The molecule has 140 valence electrons. The van der Waals surface area contributed by atoms with Crippen molar-refractivity contribution < 1.29 is 5.11 Å². The van der Waals surface area contributed by atoms with E-state index in [2.05, 4.69) is 49.9 Å². The summed E-state index contributed by atoms with van der Waals surface area (Å²) in [6.07, 6.45) is 9.27. The Balaban J connectivity index is 1.55. The fourth-order valence-corrected chi connectivity index (χ4v) is 3.30. The summed E-state index contributed by atoms with van der Waals surface area (Å²) in [6.45, 7) is 2.54. The van der Waals surface area contributed by atoms with Crippen LogP contribution < -0.4 is 0 Å². The van der Waals surface area contributed by atoms with Gasteiger partial charge in [0, 0.05) is 29.7 Å². The maximum absolute atomic E-state index is 9.06. The summed E-state index contributed by atoms with van der Waals surface area (Å²) in [4.78, 5) is 9.14. The van der Waals surface area contributed by atoms with Crippen molar-refractivity contribution in [2.45, 2.75) is 19.5 Å². The Morgan fingerprint density at radius 2 is 2.11 bits per heavy atom. The highest BCUT2D eigenvalue weighted by molar-refractivity contribution is 5.69. The number of aliphatic hydroxyl groups is 1. The zero-order chi connectivity index (χ0) is 19.1. The summed E-state index contributed by atoms with van der Waals surface area (Å²) in [6, 6.07) is 8.24. The van der Waals surface area contributed by atoms with Crippen LogP contribution in [0.4, 0.5) is 0 Å². The van der Waals surface area contributed by atoms with Gasteiger partial charge in [0.15, 0.2) is 5.65 Å². The van der Waals surface area contributed by atoms with Gasteiger partial charge in [-0.25, -0.2) is 14.6 Å². The van der Waals surface area contributed by atoms with E-state index in [-0.39, 0.29) is 12.6 Å². The number of rotatable bonds is 5. The monoisotopic (exact) mass is 374 g/mol. The summed E-state index contributed by atoms with van der Waals surface area (Å²) in [7, 11) is 0. The van der Waals surface area contributed by atoms with Gasteiger partial charge in [-0.3, -0.25) is 4.68 Å². The van der Waals surface area contributed by atoms with Gasteiger partial charge < -0.3 is 9.51 Å². The van der Waals surface area contributed by atoms with E-state index in [4.69, 9.17) is 10.1 Å². The summed E-state index contributed by atoms with van der Waals surface area (Å²) < 4.78 is 5.53. The molecule has 1 N–H and O–H groups in total. The molecule has 0 amide bonds. The van der Waals surface area contributed by atoms with Crippen LogP contribution in [0.5, 0.6) is 0 Å². The molecule has 0 unspecified atom stereocenters. The van der Waals surface area contributed by atoms with Gasteiger partial charge >= 0.3 is 0 Å². The van der Waals surface area contributed by atoms with E-state index >= 15 is 0 Å². The van der Waals surface area contributed by atoms with Gasteiger partial charge in [-0.15, -0.1) is 5.10 Å². The molecule has 0 fully saturated rings. The number of aromatic nitrogens is 8. The molecule has 5 aromatic rings. The summed E-state index contributed by atoms with van der Waals surface area (Å²) in [5.41, 5.74) is 4.88. The second-order valence-electron chi connectivity index (χ2n) is 6.63. The second-order valence-corrected chi connectivity index (χ2v) is 6.63. The first-order chi connectivity index (χ1) is 13.7. The zero-order valence-corrected chi connectivity index (χ0v) is 15.2. The Hall–Kier alpha value is -3.59. The Bertz CT molecular complexity index is 1270. The highest BCUT2D eigenvalue weighted by Crippen LogP contribution is 2.23. The van der Waals surface area contributed by atoms with Crippen LogP contribution in [-0.4, -0.2) is 50.9 Å². The third-order valence-corrected chi connectivity index (χ3v) is 4.85. The lowest BCUT2D eigenvalue weighted by Gasteiger charge is -2.13. The maximum Gasteiger partial charge on any atom is 0.221 e. The van der Waals surface area contributed by atoms with E-state index in [1.807, 2.05) is 24.7 Å². The van der Waals surface area contributed by atoms with Crippen molar-refractivity contribution in [3.63, 3.8) is 0 Å². The largest absolute Gasteiger partial charge is 0.394 e. The van der Waals surface area contributed by atoms with Crippen LogP contribution in [0, 0.1) is 0 Å². The van der Waals surface area contributed by atoms with Gasteiger partial charge in [0.25, 0.3) is 0 Å². The third-order valence-electron chi connectivity index (χ3n) is 4.85. The SMILES string of the molecule is C[C@@H](c1ccn2cccc2c1)n1nnc2ncc(-c3cnn(CCO)c3)nc21. The van der Waals surface area contributed by atoms with Crippen LogP contribution >= 0.6 is 0 Å². The molecule has 0 aliphatic carbocycles. The van der Waals surface area contributed by atoms with E-state index in [1.54, 1.807) is 21.8 Å². The average Bonchev–Trinajstić information content (AvgIpc) is 3.45. The quantitative estimate of drug-likeness (QED) is 0.505. The summed E-state index contributed by atoms with van der Waals surface area (Å²) >= 11 is 0. The van der Waals surface area contributed by atoms with Crippen molar-refractivity contribution in [2.75, 3.05) is 6.61 Å². The van der Waals surface area contributed by atoms with Crippen LogP contribution in [0.15, 0.2) is 55.2 Å². The third kappa shape index (κ3) is 2.72. The van der Waals surface area contributed by atoms with Gasteiger partial charge in [-0.05, 0) is 36.8 Å². The maximum atomic E-state index is 9.06. The first-order valence-corrected chi connectivity index (χ1v) is 9.01. The van der Waals surface area contributed by atoms with E-state index in [0.717, 1.165) is 16.6 Å². The van der Waals surface area contributed by atoms with Gasteiger partial charge in [0.1, 0.15) is 0 Å². The molecular weight excluding hydrogens is 356 g/mol. The molecule has 0 saturated heterocycles. The van der Waals surface area contributed by atoms with Crippen molar-refractivity contribution in [1.82, 2.24) is 39.1 Å². The fourth-order valence-electron chi connectivity index (χ4n) is 3.30. The Morgan fingerprint density at radius 3 is 3.00 bits per heavy atom. The molecule has 5 rings (SSSR count). The van der Waals surface area contributed by atoms with Crippen molar-refractivity contribution in [2.24, 2.45) is 0 Å². The molecule has 5 heterocycles. The van der Waals surface area contributed by atoms with E-state index in [9.17, 15) is 0 Å². The first kappa shape index (κ1) is 16.6. The Morgan fingerprint density at radius 1 is 1.18 bits per heavy atom. The van der Waals surface area contributed by atoms with Crippen molar-refractivity contribution >= 4 is 16.8 Å². The minimum Gasteiger partial charge on any atom is -0.394 e. The molecule has 0 aliphatic heterocycles.